The molecule has 0 saturated carbocycles. The van der Waals surface area contributed by atoms with Crippen molar-refractivity contribution in [1.29, 1.82) is 0 Å². The smallest absolute Gasteiger partial charge is 0.133 e. The Bertz CT molecular complexity index is 302. The molecular formula is C9H11F2NO. The van der Waals surface area contributed by atoms with E-state index in [1.54, 1.807) is 0 Å². The van der Waals surface area contributed by atoms with Gasteiger partial charge in [0.25, 0.3) is 0 Å². The summed E-state index contributed by atoms with van der Waals surface area (Å²) in [5, 5.41) is 0. The van der Waals surface area contributed by atoms with Crippen LogP contribution in [0.15, 0.2) is 12.1 Å². The third-order valence-corrected chi connectivity index (χ3v) is 1.81. The van der Waals surface area contributed by atoms with Crippen LogP contribution in [0.5, 0.6) is 0 Å². The fourth-order valence-electron chi connectivity index (χ4n) is 1.00. The summed E-state index contributed by atoms with van der Waals surface area (Å²) in [4.78, 5) is 4.56. The summed E-state index contributed by atoms with van der Waals surface area (Å²) in [5.74, 6) is -1.05. The van der Waals surface area contributed by atoms with Gasteiger partial charge in [0.2, 0.25) is 0 Å². The van der Waals surface area contributed by atoms with Gasteiger partial charge in [-0.05, 0) is 13.0 Å². The average molecular weight is 187 g/mol. The Kier molecular flexibility index (Phi) is 3.33. The lowest BCUT2D eigenvalue weighted by molar-refractivity contribution is 0.0859. The quantitative estimate of drug-likeness (QED) is 0.730. The van der Waals surface area contributed by atoms with Gasteiger partial charge in [0.1, 0.15) is 11.6 Å². The molecule has 0 aliphatic rings. The number of hydrogen-bond donors (Lipinski definition) is 1. The maximum absolute atomic E-state index is 13.3. The molecule has 0 atom stereocenters. The molecule has 0 bridgehead atoms. The van der Waals surface area contributed by atoms with E-state index in [0.29, 0.717) is 5.56 Å². The third kappa shape index (κ3) is 2.23. The van der Waals surface area contributed by atoms with Gasteiger partial charge in [0.05, 0.1) is 7.11 Å². The van der Waals surface area contributed by atoms with E-state index in [1.807, 2.05) is 0 Å². The Labute approximate surface area is 75.5 Å². The van der Waals surface area contributed by atoms with Gasteiger partial charge >= 0.3 is 0 Å². The maximum atomic E-state index is 13.3. The third-order valence-electron chi connectivity index (χ3n) is 1.81. The largest absolute Gasteiger partial charge is 0.305 e. The van der Waals surface area contributed by atoms with Crippen molar-refractivity contribution in [2.75, 3.05) is 7.11 Å². The first-order valence-electron chi connectivity index (χ1n) is 3.86. The van der Waals surface area contributed by atoms with Gasteiger partial charge in [-0.1, -0.05) is 6.07 Å². The molecule has 0 amide bonds. The second-order valence-corrected chi connectivity index (χ2v) is 2.67. The number of halogens is 2. The molecule has 0 saturated heterocycles. The highest BCUT2D eigenvalue weighted by molar-refractivity contribution is 5.26. The minimum Gasteiger partial charge on any atom is -0.305 e. The molecule has 2 nitrogen and oxygen atoms in total. The predicted octanol–water partition coefficient (Wildman–Crippen LogP) is 1.92. The second kappa shape index (κ2) is 4.30. The van der Waals surface area contributed by atoms with Gasteiger partial charge in [0, 0.05) is 17.7 Å². The van der Waals surface area contributed by atoms with Crippen LogP contribution in [0.3, 0.4) is 0 Å². The summed E-state index contributed by atoms with van der Waals surface area (Å²) in [6, 6.07) is 2.63. The van der Waals surface area contributed by atoms with Crippen molar-refractivity contribution in [2.45, 2.75) is 13.5 Å². The molecule has 0 aromatic heterocycles. The summed E-state index contributed by atoms with van der Waals surface area (Å²) >= 11 is 0. The fraction of sp³-hybridized carbons (Fsp3) is 0.333. The standard InChI is InChI=1S/C9H11F2NO/c1-6-8(10)4-3-7(9(6)11)5-12-13-2/h3-4,12H,5H2,1-2H3. The van der Waals surface area contributed by atoms with E-state index in [1.165, 1.54) is 26.2 Å². The summed E-state index contributed by atoms with van der Waals surface area (Å²) in [6.45, 7) is 1.63. The van der Waals surface area contributed by atoms with Crippen LogP contribution in [-0.4, -0.2) is 7.11 Å². The first kappa shape index (κ1) is 10.1. The zero-order valence-corrected chi connectivity index (χ0v) is 7.53. The number of rotatable bonds is 3. The molecular weight excluding hydrogens is 176 g/mol. The lowest BCUT2D eigenvalue weighted by atomic mass is 10.1. The Morgan fingerprint density at radius 1 is 1.38 bits per heavy atom. The highest BCUT2D eigenvalue weighted by atomic mass is 19.1. The summed E-state index contributed by atoms with van der Waals surface area (Å²) in [7, 11) is 1.44. The van der Waals surface area contributed by atoms with Crippen molar-refractivity contribution < 1.29 is 13.6 Å². The topological polar surface area (TPSA) is 21.3 Å². The van der Waals surface area contributed by atoms with Crippen molar-refractivity contribution in [1.82, 2.24) is 5.48 Å². The van der Waals surface area contributed by atoms with Gasteiger partial charge in [-0.2, -0.15) is 5.48 Å². The molecule has 0 radical (unpaired) electrons. The van der Waals surface area contributed by atoms with E-state index in [4.69, 9.17) is 0 Å². The molecule has 1 aromatic carbocycles. The lowest BCUT2D eigenvalue weighted by Gasteiger charge is -2.06. The van der Waals surface area contributed by atoms with E-state index in [2.05, 4.69) is 10.3 Å². The normalized spacial score (nSPS) is 10.5. The molecule has 0 unspecified atom stereocenters. The van der Waals surface area contributed by atoms with Crippen LogP contribution in [-0.2, 0) is 11.4 Å². The highest BCUT2D eigenvalue weighted by Gasteiger charge is 2.08. The molecule has 1 rings (SSSR count). The fourth-order valence-corrected chi connectivity index (χ4v) is 1.00. The predicted molar refractivity (Wildman–Crippen MR) is 44.9 cm³/mol. The molecule has 0 fully saturated rings. The van der Waals surface area contributed by atoms with Crippen LogP contribution in [0, 0.1) is 18.6 Å². The number of hydroxylamine groups is 1. The van der Waals surface area contributed by atoms with Crippen LogP contribution >= 0.6 is 0 Å². The Hall–Kier alpha value is -1.00. The molecule has 0 aliphatic carbocycles. The van der Waals surface area contributed by atoms with E-state index in [-0.39, 0.29) is 12.1 Å². The zero-order chi connectivity index (χ0) is 9.84. The minimum atomic E-state index is -0.529. The average Bonchev–Trinajstić information content (AvgIpc) is 2.13. The van der Waals surface area contributed by atoms with E-state index in [9.17, 15) is 8.78 Å². The minimum absolute atomic E-state index is 0.0374. The number of nitrogens with one attached hydrogen (secondary N) is 1. The highest BCUT2D eigenvalue weighted by Crippen LogP contribution is 2.15. The van der Waals surface area contributed by atoms with Crippen molar-refractivity contribution in [2.24, 2.45) is 0 Å². The van der Waals surface area contributed by atoms with Gasteiger partial charge in [0.15, 0.2) is 0 Å². The zero-order valence-electron chi connectivity index (χ0n) is 7.53. The first-order chi connectivity index (χ1) is 6.16. The van der Waals surface area contributed by atoms with E-state index in [0.717, 1.165) is 0 Å². The maximum Gasteiger partial charge on any atom is 0.133 e. The summed E-state index contributed by atoms with van der Waals surface area (Å²) in [6.07, 6.45) is 0. The van der Waals surface area contributed by atoms with Crippen LogP contribution in [0.2, 0.25) is 0 Å². The number of benzene rings is 1. The molecule has 0 heterocycles. The Morgan fingerprint density at radius 3 is 2.69 bits per heavy atom. The van der Waals surface area contributed by atoms with Crippen molar-refractivity contribution in [3.63, 3.8) is 0 Å². The van der Waals surface area contributed by atoms with Gasteiger partial charge in [-0.15, -0.1) is 0 Å². The van der Waals surface area contributed by atoms with Gasteiger partial charge in [-0.25, -0.2) is 8.78 Å². The Morgan fingerprint density at radius 2 is 2.08 bits per heavy atom. The lowest BCUT2D eigenvalue weighted by Crippen LogP contribution is -2.12. The van der Waals surface area contributed by atoms with E-state index >= 15 is 0 Å². The molecule has 13 heavy (non-hydrogen) atoms. The molecule has 1 N–H and O–H groups in total. The van der Waals surface area contributed by atoms with Gasteiger partial charge in [-0.3, -0.25) is 0 Å². The molecule has 72 valence electrons. The summed E-state index contributed by atoms with van der Waals surface area (Å²) in [5.41, 5.74) is 2.92. The van der Waals surface area contributed by atoms with Crippen LogP contribution < -0.4 is 5.48 Å². The summed E-state index contributed by atoms with van der Waals surface area (Å²) < 4.78 is 26.0. The first-order valence-corrected chi connectivity index (χ1v) is 3.86. The van der Waals surface area contributed by atoms with Crippen molar-refractivity contribution in [3.8, 4) is 0 Å². The Balaban J connectivity index is 2.90. The van der Waals surface area contributed by atoms with E-state index < -0.39 is 11.6 Å². The van der Waals surface area contributed by atoms with Crippen molar-refractivity contribution in [3.05, 3.63) is 34.9 Å². The van der Waals surface area contributed by atoms with Crippen LogP contribution in [0.25, 0.3) is 0 Å². The second-order valence-electron chi connectivity index (χ2n) is 2.67. The molecule has 4 heteroatoms. The van der Waals surface area contributed by atoms with Crippen LogP contribution in [0.4, 0.5) is 8.78 Å². The molecule has 0 aliphatic heterocycles. The molecule has 1 aromatic rings. The van der Waals surface area contributed by atoms with Crippen LogP contribution in [0.1, 0.15) is 11.1 Å². The SMILES string of the molecule is CONCc1ccc(F)c(C)c1F. The van der Waals surface area contributed by atoms with Crippen molar-refractivity contribution >= 4 is 0 Å². The molecule has 0 spiro atoms. The number of hydrogen-bond acceptors (Lipinski definition) is 2. The van der Waals surface area contributed by atoms with Gasteiger partial charge < -0.3 is 4.84 Å². The monoisotopic (exact) mass is 187 g/mol.